The Morgan fingerprint density at radius 3 is 2.50 bits per heavy atom. The Labute approximate surface area is 84.3 Å². The predicted octanol–water partition coefficient (Wildman–Crippen LogP) is 2.36. The summed E-state index contributed by atoms with van der Waals surface area (Å²) in [7, 11) is 0. The number of hydrogen-bond acceptors (Lipinski definition) is 3. The van der Waals surface area contributed by atoms with E-state index in [1.165, 1.54) is 0 Å². The predicted molar refractivity (Wildman–Crippen MR) is 54.2 cm³/mol. The van der Waals surface area contributed by atoms with Gasteiger partial charge in [0.05, 0.1) is 17.4 Å². The smallest absolute Gasteiger partial charge is 0.214 e. The maximum Gasteiger partial charge on any atom is 0.214 e. The first kappa shape index (κ1) is 10.5. The topological polar surface area (TPSA) is 45.9 Å². The molecule has 1 aromatic rings. The molecule has 14 heavy (non-hydrogen) atoms. The first-order valence-corrected chi connectivity index (χ1v) is 4.59. The number of ether oxygens (including phenoxy) is 1. The van der Waals surface area contributed by atoms with Crippen LogP contribution in [-0.4, -0.2) is 11.1 Å². The summed E-state index contributed by atoms with van der Waals surface area (Å²) in [5.74, 6) is 0.592. The Hall–Kier alpha value is -1.56. The van der Waals surface area contributed by atoms with Crippen LogP contribution in [0.5, 0.6) is 5.88 Å². The lowest BCUT2D eigenvalue weighted by atomic mass is 10.1. The summed E-state index contributed by atoms with van der Waals surface area (Å²) in [5, 5.41) is 8.84. The van der Waals surface area contributed by atoms with Crippen molar-refractivity contribution < 1.29 is 4.74 Å². The van der Waals surface area contributed by atoms with Gasteiger partial charge in [0.15, 0.2) is 0 Å². The van der Waals surface area contributed by atoms with Crippen molar-refractivity contribution in [3.05, 3.63) is 22.9 Å². The van der Waals surface area contributed by atoms with Crippen LogP contribution >= 0.6 is 0 Å². The lowest BCUT2D eigenvalue weighted by Gasteiger charge is -2.10. The Bertz CT molecular complexity index is 354. The molecule has 74 valence electrons. The van der Waals surface area contributed by atoms with Crippen LogP contribution in [0, 0.1) is 25.2 Å². The molecular weight excluding hydrogens is 176 g/mol. The second-order valence-electron chi connectivity index (χ2n) is 3.52. The molecule has 0 N–H and O–H groups in total. The van der Waals surface area contributed by atoms with Crippen LogP contribution in [-0.2, 0) is 0 Å². The lowest BCUT2D eigenvalue weighted by Crippen LogP contribution is -2.08. The summed E-state index contributed by atoms with van der Waals surface area (Å²) in [4.78, 5) is 4.20. The molecule has 0 aliphatic rings. The zero-order valence-electron chi connectivity index (χ0n) is 8.96. The van der Waals surface area contributed by atoms with Crippen LogP contribution in [0.3, 0.4) is 0 Å². The summed E-state index contributed by atoms with van der Waals surface area (Å²) in [6.45, 7) is 7.61. The molecule has 1 heterocycles. The number of aryl methyl sites for hydroxylation is 2. The minimum Gasteiger partial charge on any atom is -0.475 e. The van der Waals surface area contributed by atoms with Gasteiger partial charge in [0.2, 0.25) is 5.88 Å². The Kier molecular flexibility index (Phi) is 3.08. The molecule has 0 aliphatic carbocycles. The maximum atomic E-state index is 8.84. The van der Waals surface area contributed by atoms with E-state index in [-0.39, 0.29) is 6.10 Å². The average Bonchev–Trinajstić information content (AvgIpc) is 2.01. The third-order valence-corrected chi connectivity index (χ3v) is 1.84. The zero-order chi connectivity index (χ0) is 10.7. The summed E-state index contributed by atoms with van der Waals surface area (Å²) < 4.78 is 5.45. The first-order chi connectivity index (χ1) is 6.54. The molecule has 0 fully saturated rings. The number of aromatic nitrogens is 1. The first-order valence-electron chi connectivity index (χ1n) is 4.59. The third kappa shape index (κ3) is 2.23. The van der Waals surface area contributed by atoms with Crippen LogP contribution in [0.15, 0.2) is 6.07 Å². The molecule has 1 aromatic heterocycles. The highest BCUT2D eigenvalue weighted by Crippen LogP contribution is 2.17. The van der Waals surface area contributed by atoms with Crippen molar-refractivity contribution in [2.24, 2.45) is 0 Å². The summed E-state index contributed by atoms with van der Waals surface area (Å²) in [6.07, 6.45) is 0.106. The van der Waals surface area contributed by atoms with Crippen LogP contribution in [0.1, 0.15) is 30.7 Å². The van der Waals surface area contributed by atoms with Gasteiger partial charge in [-0.3, -0.25) is 0 Å². The van der Waals surface area contributed by atoms with Crippen molar-refractivity contribution >= 4 is 0 Å². The van der Waals surface area contributed by atoms with E-state index in [0.29, 0.717) is 11.4 Å². The fraction of sp³-hybridized carbons (Fsp3) is 0.455. The zero-order valence-corrected chi connectivity index (χ0v) is 8.96. The Morgan fingerprint density at radius 1 is 1.43 bits per heavy atom. The Morgan fingerprint density at radius 2 is 2.07 bits per heavy atom. The van der Waals surface area contributed by atoms with Crippen molar-refractivity contribution in [1.29, 1.82) is 5.26 Å². The number of hydrogen-bond donors (Lipinski definition) is 0. The van der Waals surface area contributed by atoms with E-state index in [1.807, 2.05) is 27.7 Å². The molecule has 0 bridgehead atoms. The maximum absolute atomic E-state index is 8.84. The highest BCUT2D eigenvalue weighted by Gasteiger charge is 2.07. The van der Waals surface area contributed by atoms with Gasteiger partial charge < -0.3 is 4.74 Å². The van der Waals surface area contributed by atoms with Crippen molar-refractivity contribution in [3.63, 3.8) is 0 Å². The standard InChI is InChI=1S/C11H14N2O/c1-7(2)14-11-5-8(3)10(6-12)9(4)13-11/h5,7H,1-4H3. The summed E-state index contributed by atoms with van der Waals surface area (Å²) in [6, 6.07) is 3.92. The second-order valence-corrected chi connectivity index (χ2v) is 3.52. The minimum atomic E-state index is 0.106. The molecule has 0 saturated carbocycles. The molecule has 0 unspecified atom stereocenters. The number of rotatable bonds is 2. The molecule has 3 heteroatoms. The fourth-order valence-electron chi connectivity index (χ4n) is 1.27. The van der Waals surface area contributed by atoms with Crippen LogP contribution in [0.25, 0.3) is 0 Å². The van der Waals surface area contributed by atoms with E-state index in [9.17, 15) is 0 Å². The molecular formula is C11H14N2O. The van der Waals surface area contributed by atoms with E-state index in [0.717, 1.165) is 11.3 Å². The summed E-state index contributed by atoms with van der Waals surface area (Å²) in [5.41, 5.74) is 2.28. The van der Waals surface area contributed by atoms with E-state index in [2.05, 4.69) is 11.1 Å². The monoisotopic (exact) mass is 190 g/mol. The number of nitriles is 1. The normalized spacial score (nSPS) is 10.0. The quantitative estimate of drug-likeness (QED) is 0.719. The van der Waals surface area contributed by atoms with E-state index in [4.69, 9.17) is 10.00 Å². The molecule has 0 atom stereocenters. The molecule has 0 aliphatic heterocycles. The molecule has 0 radical (unpaired) electrons. The largest absolute Gasteiger partial charge is 0.475 e. The highest BCUT2D eigenvalue weighted by molar-refractivity contribution is 5.42. The van der Waals surface area contributed by atoms with Crippen LogP contribution in [0.2, 0.25) is 0 Å². The van der Waals surface area contributed by atoms with Crippen molar-refractivity contribution in [1.82, 2.24) is 4.98 Å². The van der Waals surface area contributed by atoms with Crippen molar-refractivity contribution in [2.75, 3.05) is 0 Å². The van der Waals surface area contributed by atoms with Gasteiger partial charge in [0.25, 0.3) is 0 Å². The molecule has 0 spiro atoms. The van der Waals surface area contributed by atoms with Gasteiger partial charge in [0, 0.05) is 6.07 Å². The molecule has 0 aromatic carbocycles. The Balaban J connectivity index is 3.09. The molecule has 3 nitrogen and oxygen atoms in total. The van der Waals surface area contributed by atoms with Gasteiger partial charge >= 0.3 is 0 Å². The third-order valence-electron chi connectivity index (χ3n) is 1.84. The van der Waals surface area contributed by atoms with Gasteiger partial charge in [-0.25, -0.2) is 4.98 Å². The van der Waals surface area contributed by atoms with E-state index in [1.54, 1.807) is 6.07 Å². The van der Waals surface area contributed by atoms with Gasteiger partial charge in [-0.1, -0.05) is 0 Å². The van der Waals surface area contributed by atoms with Crippen molar-refractivity contribution in [3.8, 4) is 11.9 Å². The second kappa shape index (κ2) is 4.10. The van der Waals surface area contributed by atoms with Gasteiger partial charge in [-0.15, -0.1) is 0 Å². The summed E-state index contributed by atoms with van der Waals surface area (Å²) >= 11 is 0. The number of pyridine rings is 1. The van der Waals surface area contributed by atoms with Gasteiger partial charge in [0.1, 0.15) is 6.07 Å². The van der Waals surface area contributed by atoms with Crippen molar-refractivity contribution in [2.45, 2.75) is 33.8 Å². The fourth-order valence-corrected chi connectivity index (χ4v) is 1.27. The molecule has 1 rings (SSSR count). The van der Waals surface area contributed by atoms with Crippen LogP contribution < -0.4 is 4.74 Å². The molecule has 0 saturated heterocycles. The van der Waals surface area contributed by atoms with Crippen LogP contribution in [0.4, 0.5) is 0 Å². The minimum absolute atomic E-state index is 0.106. The van der Waals surface area contributed by atoms with E-state index < -0.39 is 0 Å². The highest BCUT2D eigenvalue weighted by atomic mass is 16.5. The lowest BCUT2D eigenvalue weighted by molar-refractivity contribution is 0.232. The SMILES string of the molecule is Cc1cc(OC(C)C)nc(C)c1C#N. The number of nitrogens with zero attached hydrogens (tertiary/aromatic N) is 2. The average molecular weight is 190 g/mol. The van der Waals surface area contributed by atoms with Gasteiger partial charge in [-0.05, 0) is 33.3 Å². The molecule has 0 amide bonds. The van der Waals surface area contributed by atoms with Gasteiger partial charge in [-0.2, -0.15) is 5.26 Å². The van der Waals surface area contributed by atoms with E-state index >= 15 is 0 Å².